The largest absolute Gasteiger partial charge is 0.481 e. The molecule has 1 aromatic carbocycles. The molecule has 2 heterocycles. The summed E-state index contributed by atoms with van der Waals surface area (Å²) in [5.41, 5.74) is 2.69. The molecule has 140 valence electrons. The second-order valence-corrected chi connectivity index (χ2v) is 7.60. The number of piperidine rings is 1. The number of carboxylic acids is 1. The number of carbonyl (C=O) groups is 1. The third-order valence-electron chi connectivity index (χ3n) is 5.80. The second kappa shape index (κ2) is 7.51. The van der Waals surface area contributed by atoms with Crippen LogP contribution in [0.25, 0.3) is 6.08 Å². The number of fused-ring (bicyclic) bond motifs is 1. The Bertz CT molecular complexity index is 850. The Morgan fingerprint density at radius 1 is 1.19 bits per heavy atom. The molecular weight excluding hydrogens is 338 g/mol. The molecule has 5 nitrogen and oxygen atoms in total. The van der Waals surface area contributed by atoms with E-state index in [9.17, 15) is 9.90 Å². The maximum absolute atomic E-state index is 12.2. The van der Waals surface area contributed by atoms with Crippen molar-refractivity contribution in [2.45, 2.75) is 38.5 Å². The summed E-state index contributed by atoms with van der Waals surface area (Å²) < 4.78 is 0. The van der Waals surface area contributed by atoms with Gasteiger partial charge in [0.1, 0.15) is 12.1 Å². The minimum atomic E-state index is -0.764. The number of nitrogens with zero attached hydrogens (tertiary/aromatic N) is 3. The van der Waals surface area contributed by atoms with Gasteiger partial charge in [0.25, 0.3) is 0 Å². The molecule has 2 aliphatic rings. The zero-order chi connectivity index (χ0) is 18.7. The van der Waals surface area contributed by atoms with E-state index in [4.69, 9.17) is 0 Å². The molecular formula is C22H25N3O2. The SMILES string of the molecule is O=C(O)[C@@]1(C/C=C/c2ccccc2)CCCN(c2ncnc3c2CCC3)C1. The molecule has 1 atom stereocenters. The number of rotatable bonds is 5. The molecule has 4 rings (SSSR count). The van der Waals surface area contributed by atoms with E-state index in [0.29, 0.717) is 19.4 Å². The molecule has 2 aromatic rings. The highest BCUT2D eigenvalue weighted by Crippen LogP contribution is 2.38. The van der Waals surface area contributed by atoms with E-state index in [2.05, 4.69) is 14.9 Å². The van der Waals surface area contributed by atoms with Crippen molar-refractivity contribution in [2.24, 2.45) is 5.41 Å². The lowest BCUT2D eigenvalue weighted by Crippen LogP contribution is -2.48. The molecule has 0 saturated carbocycles. The van der Waals surface area contributed by atoms with Crippen LogP contribution in [0.4, 0.5) is 5.82 Å². The van der Waals surface area contributed by atoms with Crippen molar-refractivity contribution in [1.29, 1.82) is 0 Å². The molecule has 1 aliphatic carbocycles. The van der Waals surface area contributed by atoms with Gasteiger partial charge in [-0.1, -0.05) is 42.5 Å². The zero-order valence-corrected chi connectivity index (χ0v) is 15.5. The van der Waals surface area contributed by atoms with Gasteiger partial charge in [0.05, 0.1) is 5.41 Å². The van der Waals surface area contributed by atoms with Crippen molar-refractivity contribution >= 4 is 17.9 Å². The van der Waals surface area contributed by atoms with E-state index in [0.717, 1.165) is 49.3 Å². The fourth-order valence-electron chi connectivity index (χ4n) is 4.34. The van der Waals surface area contributed by atoms with Crippen LogP contribution in [0.1, 0.15) is 42.5 Å². The number of aliphatic carboxylic acids is 1. The predicted molar refractivity (Wildman–Crippen MR) is 106 cm³/mol. The molecule has 1 saturated heterocycles. The summed E-state index contributed by atoms with van der Waals surface area (Å²) in [5.74, 6) is 0.241. The first kappa shape index (κ1) is 17.7. The second-order valence-electron chi connectivity index (χ2n) is 7.60. The van der Waals surface area contributed by atoms with Crippen LogP contribution in [0.15, 0.2) is 42.7 Å². The fraction of sp³-hybridized carbons (Fsp3) is 0.409. The first-order valence-electron chi connectivity index (χ1n) is 9.71. The monoisotopic (exact) mass is 363 g/mol. The van der Waals surface area contributed by atoms with Crippen molar-refractivity contribution in [3.63, 3.8) is 0 Å². The number of anilines is 1. The summed E-state index contributed by atoms with van der Waals surface area (Å²) in [5, 5.41) is 10.1. The van der Waals surface area contributed by atoms with Crippen LogP contribution in [-0.2, 0) is 17.6 Å². The molecule has 27 heavy (non-hydrogen) atoms. The van der Waals surface area contributed by atoms with Gasteiger partial charge in [0, 0.05) is 24.3 Å². The van der Waals surface area contributed by atoms with Crippen molar-refractivity contribution in [3.8, 4) is 0 Å². The van der Waals surface area contributed by atoms with Gasteiger partial charge in [-0.25, -0.2) is 9.97 Å². The Labute approximate surface area is 159 Å². The van der Waals surface area contributed by atoms with Gasteiger partial charge < -0.3 is 10.0 Å². The van der Waals surface area contributed by atoms with Gasteiger partial charge in [-0.2, -0.15) is 0 Å². The minimum absolute atomic E-state index is 0.505. The number of hydrogen-bond donors (Lipinski definition) is 1. The molecule has 1 aromatic heterocycles. The summed E-state index contributed by atoms with van der Waals surface area (Å²) in [6.07, 6.45) is 10.9. The molecule has 0 amide bonds. The van der Waals surface area contributed by atoms with Gasteiger partial charge in [0.15, 0.2) is 0 Å². The number of carboxylic acid groups (broad SMARTS) is 1. The molecule has 1 N–H and O–H groups in total. The van der Waals surface area contributed by atoms with Gasteiger partial charge in [-0.15, -0.1) is 0 Å². The third-order valence-corrected chi connectivity index (χ3v) is 5.80. The topological polar surface area (TPSA) is 66.3 Å². The van der Waals surface area contributed by atoms with Crippen molar-refractivity contribution in [1.82, 2.24) is 9.97 Å². The first-order chi connectivity index (χ1) is 13.2. The predicted octanol–water partition coefficient (Wildman–Crippen LogP) is 3.74. The van der Waals surface area contributed by atoms with Crippen LogP contribution < -0.4 is 4.90 Å². The van der Waals surface area contributed by atoms with Crippen LogP contribution >= 0.6 is 0 Å². The molecule has 5 heteroatoms. The molecule has 0 bridgehead atoms. The van der Waals surface area contributed by atoms with Crippen molar-refractivity contribution in [2.75, 3.05) is 18.0 Å². The Kier molecular flexibility index (Phi) is 4.92. The molecule has 0 spiro atoms. The normalized spacial score (nSPS) is 22.1. The number of hydrogen-bond acceptors (Lipinski definition) is 4. The number of benzene rings is 1. The van der Waals surface area contributed by atoms with Gasteiger partial charge in [0.2, 0.25) is 0 Å². The van der Waals surface area contributed by atoms with Crippen molar-refractivity contribution < 1.29 is 9.90 Å². The maximum atomic E-state index is 12.2. The van der Waals surface area contributed by atoms with E-state index in [1.54, 1.807) is 6.33 Å². The Morgan fingerprint density at radius 3 is 2.85 bits per heavy atom. The lowest BCUT2D eigenvalue weighted by atomic mass is 9.76. The quantitative estimate of drug-likeness (QED) is 0.876. The highest BCUT2D eigenvalue weighted by molar-refractivity contribution is 5.76. The summed E-state index contributed by atoms with van der Waals surface area (Å²) in [6, 6.07) is 10.0. The summed E-state index contributed by atoms with van der Waals surface area (Å²) >= 11 is 0. The summed E-state index contributed by atoms with van der Waals surface area (Å²) in [7, 11) is 0. The fourth-order valence-corrected chi connectivity index (χ4v) is 4.34. The van der Waals surface area contributed by atoms with E-state index >= 15 is 0 Å². The van der Waals surface area contributed by atoms with Gasteiger partial charge >= 0.3 is 5.97 Å². The lowest BCUT2D eigenvalue weighted by Gasteiger charge is -2.40. The van der Waals surface area contributed by atoms with E-state index < -0.39 is 11.4 Å². The van der Waals surface area contributed by atoms with E-state index in [-0.39, 0.29) is 0 Å². The average Bonchev–Trinajstić information content (AvgIpc) is 3.18. The van der Waals surface area contributed by atoms with Crippen LogP contribution in [0.2, 0.25) is 0 Å². The van der Waals surface area contributed by atoms with Crippen LogP contribution in [-0.4, -0.2) is 34.1 Å². The number of allylic oxidation sites excluding steroid dienone is 1. The highest BCUT2D eigenvalue weighted by Gasteiger charge is 2.42. The number of aryl methyl sites for hydroxylation is 1. The first-order valence-corrected chi connectivity index (χ1v) is 9.71. The van der Waals surface area contributed by atoms with Gasteiger partial charge in [-0.3, -0.25) is 4.79 Å². The standard InChI is InChI=1S/C22H25N3O2/c26-21(27)22(12-5-9-17-7-2-1-3-8-17)13-6-14-25(15-22)20-18-10-4-11-19(18)23-16-24-20/h1-3,5,7-9,16H,4,6,10-15H2,(H,26,27)/b9-5+/t22-/m0/s1. The molecule has 1 aliphatic heterocycles. The van der Waals surface area contributed by atoms with Gasteiger partial charge in [-0.05, 0) is 44.1 Å². The number of aromatic nitrogens is 2. The molecule has 0 unspecified atom stereocenters. The maximum Gasteiger partial charge on any atom is 0.311 e. The Morgan fingerprint density at radius 2 is 2.04 bits per heavy atom. The lowest BCUT2D eigenvalue weighted by molar-refractivity contribution is -0.149. The Balaban J connectivity index is 1.55. The summed E-state index contributed by atoms with van der Waals surface area (Å²) in [6.45, 7) is 1.37. The van der Waals surface area contributed by atoms with Crippen LogP contribution in [0.5, 0.6) is 0 Å². The van der Waals surface area contributed by atoms with E-state index in [1.807, 2.05) is 42.5 Å². The zero-order valence-electron chi connectivity index (χ0n) is 15.5. The molecule has 0 radical (unpaired) electrons. The Hall–Kier alpha value is -2.69. The van der Waals surface area contributed by atoms with Crippen molar-refractivity contribution in [3.05, 3.63) is 59.6 Å². The third kappa shape index (κ3) is 3.59. The van der Waals surface area contributed by atoms with Crippen LogP contribution in [0.3, 0.4) is 0 Å². The van der Waals surface area contributed by atoms with E-state index in [1.165, 1.54) is 5.56 Å². The minimum Gasteiger partial charge on any atom is -0.481 e. The molecule has 1 fully saturated rings. The average molecular weight is 363 g/mol. The summed E-state index contributed by atoms with van der Waals surface area (Å²) in [4.78, 5) is 23.4. The highest BCUT2D eigenvalue weighted by atomic mass is 16.4. The van der Waals surface area contributed by atoms with Crippen LogP contribution in [0, 0.1) is 5.41 Å². The smallest absolute Gasteiger partial charge is 0.311 e.